The topological polar surface area (TPSA) is 99.3 Å². The van der Waals surface area contributed by atoms with Crippen molar-refractivity contribution in [2.75, 3.05) is 7.05 Å². The Morgan fingerprint density at radius 1 is 1.30 bits per heavy atom. The van der Waals surface area contributed by atoms with Crippen LogP contribution in [0.5, 0.6) is 0 Å². The van der Waals surface area contributed by atoms with Crippen LogP contribution in [0.3, 0.4) is 0 Å². The van der Waals surface area contributed by atoms with Gasteiger partial charge in [-0.1, -0.05) is 0 Å². The summed E-state index contributed by atoms with van der Waals surface area (Å²) >= 11 is 0. The van der Waals surface area contributed by atoms with Crippen molar-refractivity contribution in [2.45, 2.75) is 6.04 Å². The average Bonchev–Trinajstić information content (AvgIpc) is 1.81. The highest BCUT2D eigenvalue weighted by Gasteiger charge is 2.24. The first-order valence-electron chi connectivity index (χ1n) is 2.34. The van der Waals surface area contributed by atoms with E-state index in [4.69, 9.17) is 10.2 Å². The largest absolute Gasteiger partial charge is 0.479 e. The molecule has 56 valence electrons. The van der Waals surface area contributed by atoms with Crippen molar-refractivity contribution in [3.05, 3.63) is 0 Å². The first kappa shape index (κ1) is 8.54. The highest BCUT2D eigenvalue weighted by Crippen LogP contribution is 1.91. The van der Waals surface area contributed by atoms with Gasteiger partial charge in [0, 0.05) is 7.05 Å². The van der Waals surface area contributed by atoms with Crippen LogP contribution in [0, 0.1) is 0 Å². The van der Waals surface area contributed by atoms with Crippen LogP contribution in [-0.4, -0.2) is 35.2 Å². The molecular weight excluding hydrogens is 140 g/mol. The van der Waals surface area contributed by atoms with Crippen molar-refractivity contribution in [3.63, 3.8) is 0 Å². The summed E-state index contributed by atoms with van der Waals surface area (Å²) in [6.45, 7) is 0. The van der Waals surface area contributed by atoms with Gasteiger partial charge in [0.05, 0.1) is 0 Å². The minimum atomic E-state index is -1.77. The van der Waals surface area contributed by atoms with Gasteiger partial charge in [0.15, 0.2) is 0 Å². The summed E-state index contributed by atoms with van der Waals surface area (Å²) in [5.74, 6) is -3.03. The number of carbonyl (C=O) groups is 2. The van der Waals surface area contributed by atoms with Crippen LogP contribution in [0.2, 0.25) is 0 Å². The minimum absolute atomic E-state index is 1.21. The first-order valence-corrected chi connectivity index (χ1v) is 2.34. The normalized spacial score (nSPS) is 10.6. The molecule has 0 aromatic rings. The van der Waals surface area contributed by atoms with Crippen molar-refractivity contribution in [1.82, 2.24) is 0 Å². The average molecular weight is 146 g/mol. The number of nitrogens with zero attached hydrogens (tertiary/aromatic N) is 2. The molecule has 0 aromatic carbocycles. The highest BCUT2D eigenvalue weighted by atomic mass is 16.4. The lowest BCUT2D eigenvalue weighted by Crippen LogP contribution is -2.27. The molecule has 0 rings (SSSR count). The summed E-state index contributed by atoms with van der Waals surface area (Å²) < 4.78 is 0. The van der Waals surface area contributed by atoms with Gasteiger partial charge in [-0.15, -0.1) is 0 Å². The molecule has 0 unspecified atom stereocenters. The van der Waals surface area contributed by atoms with Crippen LogP contribution < -0.4 is 0 Å². The van der Waals surface area contributed by atoms with E-state index >= 15 is 0 Å². The fourth-order valence-corrected chi connectivity index (χ4v) is 0.320. The van der Waals surface area contributed by atoms with Crippen LogP contribution >= 0.6 is 0 Å². The molecule has 0 saturated heterocycles. The third-order valence-corrected chi connectivity index (χ3v) is 0.699. The molecule has 10 heavy (non-hydrogen) atoms. The Hall–Kier alpha value is -1.46. The lowest BCUT2D eigenvalue weighted by Gasteiger charge is -1.96. The Morgan fingerprint density at radius 3 is 1.80 bits per heavy atom. The standard InChI is InChI=1S/C4H6N2O4/c1-5-6-2(3(7)8)4(9)10/h2H,1H3,(H,7,8)(H,9,10). The van der Waals surface area contributed by atoms with Gasteiger partial charge in [-0.25, -0.2) is 9.59 Å². The van der Waals surface area contributed by atoms with E-state index in [1.807, 2.05) is 0 Å². The first-order chi connectivity index (χ1) is 4.59. The van der Waals surface area contributed by atoms with Crippen LogP contribution in [0.4, 0.5) is 0 Å². The molecule has 0 aliphatic rings. The molecule has 0 atom stereocenters. The maximum absolute atomic E-state index is 10.00. The summed E-state index contributed by atoms with van der Waals surface area (Å²) in [4.78, 5) is 20.0. The van der Waals surface area contributed by atoms with Crippen LogP contribution in [0.15, 0.2) is 10.2 Å². The zero-order valence-corrected chi connectivity index (χ0v) is 5.18. The van der Waals surface area contributed by atoms with Crippen LogP contribution in [-0.2, 0) is 9.59 Å². The van der Waals surface area contributed by atoms with E-state index in [0.29, 0.717) is 0 Å². The number of hydrogen-bond donors (Lipinski definition) is 2. The Labute approximate surface area is 56.2 Å². The molecule has 0 heterocycles. The molecule has 2 N–H and O–H groups in total. The number of hydrogen-bond acceptors (Lipinski definition) is 4. The molecule has 0 amide bonds. The molecule has 0 bridgehead atoms. The molecule has 0 aliphatic heterocycles. The van der Waals surface area contributed by atoms with E-state index in [9.17, 15) is 9.59 Å². The van der Waals surface area contributed by atoms with Crippen LogP contribution in [0.25, 0.3) is 0 Å². The molecule has 0 saturated carbocycles. The molecule has 0 aliphatic carbocycles. The number of aliphatic carboxylic acids is 2. The second-order valence-electron chi connectivity index (χ2n) is 1.39. The summed E-state index contributed by atoms with van der Waals surface area (Å²) in [7, 11) is 1.21. The number of azo groups is 1. The molecular formula is C4H6N2O4. The van der Waals surface area contributed by atoms with E-state index in [1.165, 1.54) is 7.05 Å². The summed E-state index contributed by atoms with van der Waals surface area (Å²) in [6.07, 6.45) is 0. The molecule has 6 heteroatoms. The quantitative estimate of drug-likeness (QED) is 0.418. The Kier molecular flexibility index (Phi) is 3.03. The third-order valence-electron chi connectivity index (χ3n) is 0.699. The predicted octanol–water partition coefficient (Wildman–Crippen LogP) is -0.394. The predicted molar refractivity (Wildman–Crippen MR) is 29.8 cm³/mol. The van der Waals surface area contributed by atoms with Crippen molar-refractivity contribution in [1.29, 1.82) is 0 Å². The fraction of sp³-hybridized carbons (Fsp3) is 0.500. The summed E-state index contributed by atoms with van der Waals surface area (Å²) in [5.41, 5.74) is 0. The SMILES string of the molecule is CN=NC(C(=O)O)C(=O)O. The minimum Gasteiger partial charge on any atom is -0.479 e. The number of carboxylic acid groups (broad SMARTS) is 2. The van der Waals surface area contributed by atoms with Crippen molar-refractivity contribution in [3.8, 4) is 0 Å². The highest BCUT2D eigenvalue weighted by molar-refractivity contribution is 5.97. The Bertz CT molecular complexity index is 162. The second-order valence-corrected chi connectivity index (χ2v) is 1.39. The van der Waals surface area contributed by atoms with Gasteiger partial charge in [0.25, 0.3) is 6.04 Å². The van der Waals surface area contributed by atoms with E-state index in [0.717, 1.165) is 0 Å². The van der Waals surface area contributed by atoms with Crippen molar-refractivity contribution >= 4 is 11.9 Å². The Balaban J connectivity index is 4.27. The van der Waals surface area contributed by atoms with Gasteiger partial charge >= 0.3 is 11.9 Å². The lowest BCUT2D eigenvalue weighted by atomic mass is 10.3. The van der Waals surface area contributed by atoms with Gasteiger partial charge in [0.2, 0.25) is 0 Å². The lowest BCUT2D eigenvalue weighted by molar-refractivity contribution is -0.149. The van der Waals surface area contributed by atoms with E-state index in [2.05, 4.69) is 10.2 Å². The van der Waals surface area contributed by atoms with Gasteiger partial charge in [-0.2, -0.15) is 10.2 Å². The van der Waals surface area contributed by atoms with Gasteiger partial charge < -0.3 is 10.2 Å². The third kappa shape index (κ3) is 2.21. The molecule has 0 radical (unpaired) electrons. The molecule has 0 spiro atoms. The maximum atomic E-state index is 10.00. The fourth-order valence-electron chi connectivity index (χ4n) is 0.320. The maximum Gasteiger partial charge on any atom is 0.342 e. The molecule has 0 fully saturated rings. The van der Waals surface area contributed by atoms with Gasteiger partial charge in [-0.3, -0.25) is 0 Å². The van der Waals surface area contributed by atoms with Gasteiger partial charge in [0.1, 0.15) is 0 Å². The van der Waals surface area contributed by atoms with E-state index in [1.54, 1.807) is 0 Å². The van der Waals surface area contributed by atoms with Crippen LogP contribution in [0.1, 0.15) is 0 Å². The van der Waals surface area contributed by atoms with Gasteiger partial charge in [-0.05, 0) is 0 Å². The summed E-state index contributed by atoms with van der Waals surface area (Å²) in [5, 5.41) is 22.3. The number of rotatable bonds is 3. The molecule has 6 nitrogen and oxygen atoms in total. The smallest absolute Gasteiger partial charge is 0.342 e. The number of carboxylic acids is 2. The second kappa shape index (κ2) is 3.54. The monoisotopic (exact) mass is 146 g/mol. The zero-order chi connectivity index (χ0) is 8.15. The Morgan fingerprint density at radius 2 is 1.70 bits per heavy atom. The van der Waals surface area contributed by atoms with E-state index in [-0.39, 0.29) is 0 Å². The summed E-state index contributed by atoms with van der Waals surface area (Å²) in [6, 6.07) is -1.77. The van der Waals surface area contributed by atoms with Crippen molar-refractivity contribution < 1.29 is 19.8 Å². The molecule has 0 aromatic heterocycles. The van der Waals surface area contributed by atoms with E-state index < -0.39 is 18.0 Å². The zero-order valence-electron chi connectivity index (χ0n) is 5.18. The van der Waals surface area contributed by atoms with Crippen molar-refractivity contribution in [2.24, 2.45) is 10.2 Å².